The smallest absolute Gasteiger partial charge is 0.160 e. The van der Waals surface area contributed by atoms with Gasteiger partial charge in [0.15, 0.2) is 5.11 Å². The summed E-state index contributed by atoms with van der Waals surface area (Å²) in [5.74, 6) is 0. The van der Waals surface area contributed by atoms with Crippen LogP contribution >= 0.6 is 36.7 Å². The Morgan fingerprint density at radius 3 is 1.29 bits per heavy atom. The van der Waals surface area contributed by atoms with Crippen LogP contribution in [0.3, 0.4) is 0 Å². The molecule has 0 saturated carbocycles. The zero-order valence-electron chi connectivity index (χ0n) is 3.38. The Morgan fingerprint density at radius 2 is 1.29 bits per heavy atom. The normalized spacial score (nSPS) is 4.57. The van der Waals surface area contributed by atoms with E-state index in [0.29, 0.717) is 0 Å². The molecule has 5 heteroatoms. The minimum Gasteiger partial charge on any atom is -0.377 e. The quantitative estimate of drug-likeness (QED) is 0.486. The van der Waals surface area contributed by atoms with Gasteiger partial charge in [0, 0.05) is 4.31 Å². The van der Waals surface area contributed by atoms with Crippen LogP contribution in [-0.4, -0.2) is 9.43 Å². The number of hydrogen-bond acceptors (Lipinski definition) is 3. The van der Waals surface area contributed by atoms with Crippen LogP contribution in [0.5, 0.6) is 0 Å². The van der Waals surface area contributed by atoms with E-state index in [2.05, 4.69) is 48.1 Å². The van der Waals surface area contributed by atoms with Crippen molar-refractivity contribution in [2.45, 2.75) is 0 Å². The van der Waals surface area contributed by atoms with Crippen LogP contribution in [0.4, 0.5) is 0 Å². The summed E-state index contributed by atoms with van der Waals surface area (Å²) < 4.78 is 1.92. The molecule has 0 aliphatic heterocycles. The van der Waals surface area contributed by atoms with E-state index in [1.807, 2.05) is 4.31 Å². The first-order chi connectivity index (χ1) is 3.15. The zero-order chi connectivity index (χ0) is 6.28. The van der Waals surface area contributed by atoms with E-state index in [1.165, 1.54) is 0 Å². The van der Waals surface area contributed by atoms with Crippen LogP contribution in [0.2, 0.25) is 0 Å². The van der Waals surface area contributed by atoms with Crippen molar-refractivity contribution >= 4 is 46.1 Å². The molecule has 0 atom stereocenters. The van der Waals surface area contributed by atoms with Gasteiger partial charge < -0.3 is 11.5 Å². The SMILES string of the molecule is NC(N)=S.S=C=S. The molecule has 0 aromatic heterocycles. The molecule has 4 N–H and O–H groups in total. The highest BCUT2D eigenvalue weighted by Crippen LogP contribution is 1.32. The third-order valence-electron chi connectivity index (χ3n) is 0. The summed E-state index contributed by atoms with van der Waals surface area (Å²) in [4.78, 5) is 0. The molecule has 0 amide bonds. The summed E-state index contributed by atoms with van der Waals surface area (Å²) in [6.45, 7) is 0. The lowest BCUT2D eigenvalue weighted by Crippen LogP contribution is -2.18. The number of rotatable bonds is 0. The van der Waals surface area contributed by atoms with Crippen LogP contribution in [0.25, 0.3) is 0 Å². The second-order valence-corrected chi connectivity index (χ2v) is 1.62. The number of thiocarbonyl (C=S) groups is 3. The Labute approximate surface area is 57.9 Å². The largest absolute Gasteiger partial charge is 0.377 e. The fraction of sp³-hybridized carbons (Fsp3) is 0. The van der Waals surface area contributed by atoms with E-state index < -0.39 is 0 Å². The third kappa shape index (κ3) is 11200. The van der Waals surface area contributed by atoms with Gasteiger partial charge in [-0.05, 0) is 36.7 Å². The van der Waals surface area contributed by atoms with Gasteiger partial charge in [-0.2, -0.15) is 0 Å². The number of nitrogens with two attached hydrogens (primary N) is 2. The predicted molar refractivity (Wildman–Crippen MR) is 41.2 cm³/mol. The molecule has 0 aliphatic carbocycles. The Bertz CT molecular complexity index is 78.9. The van der Waals surface area contributed by atoms with Crippen molar-refractivity contribution in [3.05, 3.63) is 0 Å². The van der Waals surface area contributed by atoms with Crippen molar-refractivity contribution in [3.8, 4) is 0 Å². The van der Waals surface area contributed by atoms with Gasteiger partial charge in [0.25, 0.3) is 0 Å². The topological polar surface area (TPSA) is 52.0 Å². The van der Waals surface area contributed by atoms with Gasteiger partial charge in [-0.1, -0.05) is 0 Å². The average molecular weight is 152 g/mol. The fourth-order valence-electron chi connectivity index (χ4n) is 0. The lowest BCUT2D eigenvalue weighted by Gasteiger charge is -1.68. The highest BCUT2D eigenvalue weighted by atomic mass is 32.1. The van der Waals surface area contributed by atoms with E-state index in [1.54, 1.807) is 0 Å². The molecule has 0 fully saturated rings. The van der Waals surface area contributed by atoms with Crippen LogP contribution in [0, 0.1) is 0 Å². The van der Waals surface area contributed by atoms with Gasteiger partial charge in [-0.15, -0.1) is 0 Å². The van der Waals surface area contributed by atoms with E-state index >= 15 is 0 Å². The Morgan fingerprint density at radius 1 is 1.29 bits per heavy atom. The Balaban J connectivity index is 0. The monoisotopic (exact) mass is 152 g/mol. The maximum atomic E-state index is 4.62. The molecule has 0 radical (unpaired) electrons. The Hall–Kier alpha value is -0.0900. The molecule has 0 aromatic carbocycles. The summed E-state index contributed by atoms with van der Waals surface area (Å²) >= 11 is 12.0. The molecular formula is C2H4N2S3. The molecule has 0 unspecified atom stereocenters. The van der Waals surface area contributed by atoms with E-state index in [9.17, 15) is 0 Å². The molecule has 7 heavy (non-hydrogen) atoms. The highest BCUT2D eigenvalue weighted by Gasteiger charge is 1.53. The summed E-state index contributed by atoms with van der Waals surface area (Å²) in [5.41, 5.74) is 9.24. The lowest BCUT2D eigenvalue weighted by atomic mass is 11.3. The van der Waals surface area contributed by atoms with Gasteiger partial charge >= 0.3 is 0 Å². The maximum Gasteiger partial charge on any atom is 0.160 e. The first-order valence-electron chi connectivity index (χ1n) is 1.19. The van der Waals surface area contributed by atoms with E-state index in [-0.39, 0.29) is 5.11 Å². The summed E-state index contributed by atoms with van der Waals surface area (Å²) in [6.07, 6.45) is 0. The summed E-state index contributed by atoms with van der Waals surface area (Å²) in [6, 6.07) is 0. The summed E-state index contributed by atoms with van der Waals surface area (Å²) in [7, 11) is 0. The van der Waals surface area contributed by atoms with Gasteiger partial charge in [0.1, 0.15) is 0 Å². The predicted octanol–water partition coefficient (Wildman–Crippen LogP) is 0.207. The first-order valence-corrected chi connectivity index (χ1v) is 2.41. The fourth-order valence-corrected chi connectivity index (χ4v) is 0. The van der Waals surface area contributed by atoms with Crippen LogP contribution < -0.4 is 11.5 Å². The number of hydrogen-bond donors (Lipinski definition) is 2. The van der Waals surface area contributed by atoms with Gasteiger partial charge in [-0.25, -0.2) is 0 Å². The molecule has 0 spiro atoms. The molecule has 0 aliphatic rings. The second kappa shape index (κ2) is 9.32. The molecule has 0 rings (SSSR count). The molecular weight excluding hydrogens is 148 g/mol. The second-order valence-electron chi connectivity index (χ2n) is 0.486. The molecule has 0 aromatic rings. The van der Waals surface area contributed by atoms with Crippen molar-refractivity contribution in [3.63, 3.8) is 0 Å². The average Bonchev–Trinajstić information content (AvgIpc) is 1.33. The van der Waals surface area contributed by atoms with Crippen molar-refractivity contribution in [1.82, 2.24) is 0 Å². The van der Waals surface area contributed by atoms with Gasteiger partial charge in [0.05, 0.1) is 0 Å². The standard InChI is InChI=1S/CH4N2S.CS2/c2-1(3)4;2-1-3/h(H4,2,3,4);. The van der Waals surface area contributed by atoms with E-state index in [4.69, 9.17) is 0 Å². The molecule has 2 nitrogen and oxygen atoms in total. The Kier molecular flexibility index (Phi) is 13.3. The third-order valence-corrected chi connectivity index (χ3v) is 0. The first kappa shape index (κ1) is 10.0. The molecule has 40 valence electrons. The van der Waals surface area contributed by atoms with Crippen LogP contribution in [0.1, 0.15) is 0 Å². The minimum atomic E-state index is 0.000000000000000222. The highest BCUT2D eigenvalue weighted by molar-refractivity contribution is 7.93. The lowest BCUT2D eigenvalue weighted by molar-refractivity contribution is 1.65. The van der Waals surface area contributed by atoms with Crippen molar-refractivity contribution in [2.24, 2.45) is 11.5 Å². The molecule has 0 bridgehead atoms. The molecule has 0 heterocycles. The zero-order valence-corrected chi connectivity index (χ0v) is 5.83. The van der Waals surface area contributed by atoms with Crippen LogP contribution in [0.15, 0.2) is 0 Å². The van der Waals surface area contributed by atoms with Crippen molar-refractivity contribution in [1.29, 1.82) is 0 Å². The maximum absolute atomic E-state index is 4.62. The molecule has 0 saturated heterocycles. The van der Waals surface area contributed by atoms with Crippen molar-refractivity contribution in [2.75, 3.05) is 0 Å². The van der Waals surface area contributed by atoms with Crippen molar-refractivity contribution < 1.29 is 0 Å². The van der Waals surface area contributed by atoms with Gasteiger partial charge in [0.2, 0.25) is 0 Å². The summed E-state index contributed by atoms with van der Waals surface area (Å²) in [5, 5.41) is 0.000000000000000222. The van der Waals surface area contributed by atoms with Crippen LogP contribution in [-0.2, 0) is 0 Å². The van der Waals surface area contributed by atoms with E-state index in [0.717, 1.165) is 0 Å². The van der Waals surface area contributed by atoms with Gasteiger partial charge in [-0.3, -0.25) is 0 Å². The minimum absolute atomic E-state index is 0.000000000000000222.